The lowest BCUT2D eigenvalue weighted by atomic mass is 9.87. The van der Waals surface area contributed by atoms with Crippen molar-refractivity contribution in [1.29, 1.82) is 0 Å². The summed E-state index contributed by atoms with van der Waals surface area (Å²) in [5.74, 6) is 0.0891. The topological polar surface area (TPSA) is 46.3 Å². The molecule has 0 aromatic heterocycles. The van der Waals surface area contributed by atoms with Crippen molar-refractivity contribution in [3.05, 3.63) is 35.4 Å². The minimum atomic E-state index is -0.399. The van der Waals surface area contributed by atoms with Gasteiger partial charge in [-0.1, -0.05) is 31.2 Å². The SMILES string of the molecule is CCCN(C(=O)C(C)N)C1CCc2ccccc2C1. The van der Waals surface area contributed by atoms with Crippen LogP contribution in [0.15, 0.2) is 24.3 Å². The Bertz CT molecular complexity index is 442. The highest BCUT2D eigenvalue weighted by molar-refractivity contribution is 5.81. The summed E-state index contributed by atoms with van der Waals surface area (Å²) in [6.07, 6.45) is 4.06. The van der Waals surface area contributed by atoms with Crippen LogP contribution in [-0.4, -0.2) is 29.4 Å². The van der Waals surface area contributed by atoms with Crippen LogP contribution in [0.25, 0.3) is 0 Å². The first-order valence-electron chi connectivity index (χ1n) is 7.26. The van der Waals surface area contributed by atoms with E-state index < -0.39 is 6.04 Å². The van der Waals surface area contributed by atoms with Crippen LogP contribution in [0.3, 0.4) is 0 Å². The lowest BCUT2D eigenvalue weighted by Crippen LogP contribution is -2.49. The Labute approximate surface area is 115 Å². The van der Waals surface area contributed by atoms with Crippen LogP contribution in [0, 0.1) is 0 Å². The van der Waals surface area contributed by atoms with Crippen molar-refractivity contribution in [1.82, 2.24) is 4.90 Å². The second-order valence-corrected chi connectivity index (χ2v) is 5.49. The molecule has 19 heavy (non-hydrogen) atoms. The Hall–Kier alpha value is -1.35. The number of nitrogens with zero attached hydrogens (tertiary/aromatic N) is 1. The van der Waals surface area contributed by atoms with Crippen LogP contribution in [0.2, 0.25) is 0 Å². The van der Waals surface area contributed by atoms with Crippen LogP contribution in [0.4, 0.5) is 0 Å². The van der Waals surface area contributed by atoms with Gasteiger partial charge in [-0.05, 0) is 43.7 Å². The first-order valence-corrected chi connectivity index (χ1v) is 7.26. The fourth-order valence-corrected chi connectivity index (χ4v) is 2.92. The van der Waals surface area contributed by atoms with E-state index in [2.05, 4.69) is 31.2 Å². The van der Waals surface area contributed by atoms with Crippen LogP contribution in [-0.2, 0) is 17.6 Å². The monoisotopic (exact) mass is 260 g/mol. The number of nitrogens with two attached hydrogens (primary N) is 1. The third kappa shape index (κ3) is 3.16. The predicted molar refractivity (Wildman–Crippen MR) is 77.9 cm³/mol. The highest BCUT2D eigenvalue weighted by Crippen LogP contribution is 2.25. The van der Waals surface area contributed by atoms with E-state index in [1.165, 1.54) is 11.1 Å². The zero-order chi connectivity index (χ0) is 13.8. The number of rotatable bonds is 4. The second kappa shape index (κ2) is 6.20. The van der Waals surface area contributed by atoms with Crippen molar-refractivity contribution in [2.75, 3.05) is 6.54 Å². The Balaban J connectivity index is 2.14. The van der Waals surface area contributed by atoms with E-state index in [1.807, 2.05) is 4.90 Å². The summed E-state index contributed by atoms with van der Waals surface area (Å²) in [6, 6.07) is 8.47. The summed E-state index contributed by atoms with van der Waals surface area (Å²) in [7, 11) is 0. The third-order valence-corrected chi connectivity index (χ3v) is 3.90. The molecule has 3 nitrogen and oxygen atoms in total. The zero-order valence-electron chi connectivity index (χ0n) is 11.9. The van der Waals surface area contributed by atoms with Crippen LogP contribution in [0.1, 0.15) is 37.8 Å². The third-order valence-electron chi connectivity index (χ3n) is 3.90. The minimum absolute atomic E-state index is 0.0891. The fourth-order valence-electron chi connectivity index (χ4n) is 2.92. The molecule has 0 saturated heterocycles. The van der Waals surface area contributed by atoms with E-state index >= 15 is 0 Å². The van der Waals surface area contributed by atoms with Gasteiger partial charge in [0.2, 0.25) is 5.91 Å². The molecule has 1 aliphatic carbocycles. The van der Waals surface area contributed by atoms with Gasteiger partial charge in [-0.3, -0.25) is 4.79 Å². The average molecular weight is 260 g/mol. The lowest BCUT2D eigenvalue weighted by molar-refractivity contribution is -0.134. The van der Waals surface area contributed by atoms with Crippen molar-refractivity contribution in [3.63, 3.8) is 0 Å². The number of fused-ring (bicyclic) bond motifs is 1. The number of aryl methyl sites for hydroxylation is 1. The molecule has 1 aliphatic rings. The van der Waals surface area contributed by atoms with Crippen LogP contribution < -0.4 is 5.73 Å². The first kappa shape index (κ1) is 14.1. The van der Waals surface area contributed by atoms with Gasteiger partial charge in [-0.15, -0.1) is 0 Å². The largest absolute Gasteiger partial charge is 0.338 e. The van der Waals surface area contributed by atoms with Gasteiger partial charge in [0.15, 0.2) is 0 Å². The van der Waals surface area contributed by atoms with E-state index in [4.69, 9.17) is 5.73 Å². The zero-order valence-corrected chi connectivity index (χ0v) is 11.9. The van der Waals surface area contributed by atoms with Crippen molar-refractivity contribution in [3.8, 4) is 0 Å². The number of carbonyl (C=O) groups excluding carboxylic acids is 1. The number of benzene rings is 1. The first-order chi connectivity index (χ1) is 9.13. The second-order valence-electron chi connectivity index (χ2n) is 5.49. The highest BCUT2D eigenvalue weighted by Gasteiger charge is 2.28. The molecular formula is C16H24N2O. The molecule has 2 N–H and O–H groups in total. The quantitative estimate of drug-likeness (QED) is 0.901. The summed E-state index contributed by atoms with van der Waals surface area (Å²) < 4.78 is 0. The maximum atomic E-state index is 12.2. The standard InChI is InChI=1S/C16H24N2O/c1-3-10-18(16(19)12(2)17)15-9-8-13-6-4-5-7-14(13)11-15/h4-7,12,15H,3,8-11,17H2,1-2H3. The maximum absolute atomic E-state index is 12.2. The number of amides is 1. The number of carbonyl (C=O) groups is 1. The minimum Gasteiger partial charge on any atom is -0.338 e. The van der Waals surface area contributed by atoms with Crippen LogP contribution >= 0.6 is 0 Å². The normalized spacial score (nSPS) is 19.6. The fraction of sp³-hybridized carbons (Fsp3) is 0.562. The molecule has 1 amide bonds. The summed E-state index contributed by atoms with van der Waals surface area (Å²) in [5.41, 5.74) is 8.60. The van der Waals surface area contributed by atoms with Crippen LogP contribution in [0.5, 0.6) is 0 Å². The van der Waals surface area contributed by atoms with Crippen molar-refractivity contribution in [2.45, 2.75) is 51.6 Å². The smallest absolute Gasteiger partial charge is 0.239 e. The average Bonchev–Trinajstić information content (AvgIpc) is 2.43. The molecule has 0 radical (unpaired) electrons. The van der Waals surface area contributed by atoms with Gasteiger partial charge in [-0.2, -0.15) is 0 Å². The van der Waals surface area contributed by atoms with Gasteiger partial charge >= 0.3 is 0 Å². The molecule has 0 spiro atoms. The Morgan fingerprint density at radius 2 is 2.11 bits per heavy atom. The Morgan fingerprint density at radius 1 is 1.42 bits per heavy atom. The van der Waals surface area contributed by atoms with Gasteiger partial charge in [-0.25, -0.2) is 0 Å². The molecule has 0 aliphatic heterocycles. The molecule has 0 heterocycles. The Kier molecular flexibility index (Phi) is 4.59. The number of hydrogen-bond donors (Lipinski definition) is 1. The summed E-state index contributed by atoms with van der Waals surface area (Å²) in [4.78, 5) is 14.2. The summed E-state index contributed by atoms with van der Waals surface area (Å²) in [6.45, 7) is 4.70. The molecule has 0 bridgehead atoms. The van der Waals surface area contributed by atoms with E-state index in [0.717, 1.165) is 32.2 Å². The van der Waals surface area contributed by atoms with Gasteiger partial charge < -0.3 is 10.6 Å². The van der Waals surface area contributed by atoms with Gasteiger partial charge in [0.1, 0.15) is 0 Å². The summed E-state index contributed by atoms with van der Waals surface area (Å²) >= 11 is 0. The van der Waals surface area contributed by atoms with Crippen molar-refractivity contribution >= 4 is 5.91 Å². The molecule has 104 valence electrons. The maximum Gasteiger partial charge on any atom is 0.239 e. The molecular weight excluding hydrogens is 236 g/mol. The van der Waals surface area contributed by atoms with Crippen molar-refractivity contribution in [2.24, 2.45) is 5.73 Å². The van der Waals surface area contributed by atoms with E-state index in [0.29, 0.717) is 6.04 Å². The van der Waals surface area contributed by atoms with E-state index in [-0.39, 0.29) is 5.91 Å². The van der Waals surface area contributed by atoms with Crippen molar-refractivity contribution < 1.29 is 4.79 Å². The summed E-state index contributed by atoms with van der Waals surface area (Å²) in [5, 5.41) is 0. The van der Waals surface area contributed by atoms with Gasteiger partial charge in [0, 0.05) is 12.6 Å². The highest BCUT2D eigenvalue weighted by atomic mass is 16.2. The van der Waals surface area contributed by atoms with Gasteiger partial charge in [0.25, 0.3) is 0 Å². The molecule has 1 aromatic rings. The van der Waals surface area contributed by atoms with E-state index in [1.54, 1.807) is 6.92 Å². The molecule has 2 unspecified atom stereocenters. The molecule has 0 saturated carbocycles. The Morgan fingerprint density at radius 3 is 2.74 bits per heavy atom. The molecule has 2 rings (SSSR count). The van der Waals surface area contributed by atoms with E-state index in [9.17, 15) is 4.79 Å². The number of hydrogen-bond acceptors (Lipinski definition) is 2. The molecule has 2 atom stereocenters. The van der Waals surface area contributed by atoms with Gasteiger partial charge in [0.05, 0.1) is 6.04 Å². The molecule has 0 fully saturated rings. The predicted octanol–water partition coefficient (Wildman–Crippen LogP) is 2.13. The molecule has 1 aromatic carbocycles. The lowest BCUT2D eigenvalue weighted by Gasteiger charge is -2.36. The molecule has 3 heteroatoms.